The van der Waals surface area contributed by atoms with Crippen LogP contribution < -0.4 is 5.32 Å². The van der Waals surface area contributed by atoms with Crippen molar-refractivity contribution in [3.8, 4) is 44.5 Å². The molecular weight excluding hydrogens is 567 g/mol. The van der Waals surface area contributed by atoms with Crippen molar-refractivity contribution in [3.63, 3.8) is 0 Å². The fraction of sp³-hybridized carbons (Fsp3) is 0.0870. The van der Waals surface area contributed by atoms with E-state index in [1.54, 1.807) is 0 Å². The molecule has 0 aromatic heterocycles. The molecular formula is C46H33N. The maximum atomic E-state index is 3.92. The second-order valence-corrected chi connectivity index (χ2v) is 13.7. The van der Waals surface area contributed by atoms with E-state index in [1.807, 2.05) is 0 Å². The van der Waals surface area contributed by atoms with E-state index < -0.39 is 0 Å². The maximum absolute atomic E-state index is 3.92. The van der Waals surface area contributed by atoms with Gasteiger partial charge in [-0.1, -0.05) is 153 Å². The Balaban J connectivity index is 1.14. The molecule has 3 aliphatic rings. The monoisotopic (exact) mass is 599 g/mol. The van der Waals surface area contributed by atoms with Crippen molar-refractivity contribution >= 4 is 11.4 Å². The smallest absolute Gasteiger partial charge is 0.0725 e. The summed E-state index contributed by atoms with van der Waals surface area (Å²) in [5.74, 6) is 0. The van der Waals surface area contributed by atoms with Crippen LogP contribution in [0.1, 0.15) is 47.2 Å². The molecule has 0 aliphatic heterocycles. The predicted molar refractivity (Wildman–Crippen MR) is 195 cm³/mol. The van der Waals surface area contributed by atoms with Gasteiger partial charge in [0.1, 0.15) is 0 Å². The molecule has 0 saturated heterocycles. The second kappa shape index (κ2) is 9.44. The highest BCUT2D eigenvalue weighted by atomic mass is 14.9. The normalized spacial score (nSPS) is 14.9. The van der Waals surface area contributed by atoms with Gasteiger partial charge in [-0.05, 0) is 90.5 Å². The Labute approximate surface area is 276 Å². The summed E-state index contributed by atoms with van der Waals surface area (Å²) in [7, 11) is 0. The van der Waals surface area contributed by atoms with Crippen molar-refractivity contribution in [2.45, 2.75) is 24.7 Å². The summed E-state index contributed by atoms with van der Waals surface area (Å²) in [5.41, 5.74) is 20.6. The molecule has 10 rings (SSSR count). The highest BCUT2D eigenvalue weighted by Gasteiger charge is 2.51. The number of benzene rings is 7. The van der Waals surface area contributed by atoms with Gasteiger partial charge in [0.05, 0.1) is 5.41 Å². The van der Waals surface area contributed by atoms with E-state index in [1.165, 1.54) is 77.9 Å². The fourth-order valence-corrected chi connectivity index (χ4v) is 9.23. The van der Waals surface area contributed by atoms with Gasteiger partial charge in [0, 0.05) is 22.4 Å². The Morgan fingerprint density at radius 3 is 1.60 bits per heavy atom. The molecule has 1 heteroatoms. The third-order valence-electron chi connectivity index (χ3n) is 11.1. The Hall–Kier alpha value is -5.66. The highest BCUT2D eigenvalue weighted by molar-refractivity contribution is 5.98. The van der Waals surface area contributed by atoms with Crippen LogP contribution >= 0.6 is 0 Å². The number of anilines is 2. The number of hydrogen-bond acceptors (Lipinski definition) is 1. The summed E-state index contributed by atoms with van der Waals surface area (Å²) in [5, 5.41) is 3.92. The molecule has 47 heavy (non-hydrogen) atoms. The van der Waals surface area contributed by atoms with Crippen molar-refractivity contribution in [3.05, 3.63) is 191 Å². The van der Waals surface area contributed by atoms with Crippen LogP contribution in [0.4, 0.5) is 11.4 Å². The summed E-state index contributed by atoms with van der Waals surface area (Å²) >= 11 is 0. The van der Waals surface area contributed by atoms with Crippen LogP contribution in [-0.2, 0) is 10.8 Å². The molecule has 222 valence electrons. The van der Waals surface area contributed by atoms with E-state index in [4.69, 9.17) is 0 Å². The SMILES string of the molecule is CC1(C)c2cccc(Nc3ccc4c(c3)-c3ccccc3C43c4ccccc4-c4ccccc43)c2-c2cccc(-c3ccccc3)c21. The third kappa shape index (κ3) is 3.39. The van der Waals surface area contributed by atoms with Crippen molar-refractivity contribution in [2.24, 2.45) is 0 Å². The van der Waals surface area contributed by atoms with E-state index in [2.05, 4.69) is 177 Å². The Kier molecular flexibility index (Phi) is 5.33. The molecule has 0 fully saturated rings. The first-order valence-electron chi connectivity index (χ1n) is 16.6. The Bertz CT molecular complexity index is 2370. The van der Waals surface area contributed by atoms with Crippen molar-refractivity contribution in [2.75, 3.05) is 5.32 Å². The standard InChI is InChI=1S/C46H33N/c1-45(2)41-24-13-25-42(43(41)35-20-12-19-31(44(35)45)29-14-4-3-5-15-29)47-30-26-27-40-36(28-30)34-18-8-11-23-39(34)46(40)37-21-9-6-16-32(37)33-17-7-10-22-38(33)46/h3-28,47H,1-2H3. The van der Waals surface area contributed by atoms with Crippen molar-refractivity contribution in [1.29, 1.82) is 0 Å². The summed E-state index contributed by atoms with van der Waals surface area (Å²) in [6, 6.07) is 58.4. The van der Waals surface area contributed by atoms with Gasteiger partial charge in [-0.15, -0.1) is 0 Å². The summed E-state index contributed by atoms with van der Waals surface area (Å²) in [4.78, 5) is 0. The zero-order valence-corrected chi connectivity index (χ0v) is 26.5. The van der Waals surface area contributed by atoms with Crippen molar-refractivity contribution < 1.29 is 0 Å². The number of hydrogen-bond donors (Lipinski definition) is 1. The van der Waals surface area contributed by atoms with Gasteiger partial charge in [0.25, 0.3) is 0 Å². The lowest BCUT2D eigenvalue weighted by Crippen LogP contribution is -2.25. The molecule has 0 unspecified atom stereocenters. The average Bonchev–Trinajstić information content (AvgIpc) is 3.68. The summed E-state index contributed by atoms with van der Waals surface area (Å²) < 4.78 is 0. The minimum Gasteiger partial charge on any atom is -0.355 e. The van der Waals surface area contributed by atoms with Gasteiger partial charge >= 0.3 is 0 Å². The number of fused-ring (bicyclic) bond motifs is 13. The van der Waals surface area contributed by atoms with Crippen LogP contribution in [0.5, 0.6) is 0 Å². The molecule has 0 heterocycles. The van der Waals surface area contributed by atoms with Crippen molar-refractivity contribution in [1.82, 2.24) is 0 Å². The third-order valence-corrected chi connectivity index (χ3v) is 11.1. The largest absolute Gasteiger partial charge is 0.355 e. The average molecular weight is 600 g/mol. The molecule has 7 aromatic carbocycles. The van der Waals surface area contributed by atoms with E-state index in [0.29, 0.717) is 0 Å². The van der Waals surface area contributed by atoms with E-state index in [0.717, 1.165) is 11.4 Å². The van der Waals surface area contributed by atoms with Gasteiger partial charge in [0.15, 0.2) is 0 Å². The summed E-state index contributed by atoms with van der Waals surface area (Å²) in [6.07, 6.45) is 0. The van der Waals surface area contributed by atoms with Crippen LogP contribution in [0.25, 0.3) is 44.5 Å². The number of rotatable bonds is 3. The van der Waals surface area contributed by atoms with Gasteiger partial charge in [-0.25, -0.2) is 0 Å². The molecule has 7 aromatic rings. The minimum absolute atomic E-state index is 0.124. The quantitative estimate of drug-likeness (QED) is 0.213. The molecule has 0 amide bonds. The van der Waals surface area contributed by atoms with Crippen LogP contribution in [0.15, 0.2) is 158 Å². The lowest BCUT2D eigenvalue weighted by molar-refractivity contribution is 0.662. The topological polar surface area (TPSA) is 12.0 Å². The Morgan fingerprint density at radius 2 is 0.915 bits per heavy atom. The van der Waals surface area contributed by atoms with Gasteiger partial charge in [-0.2, -0.15) is 0 Å². The molecule has 1 nitrogen and oxygen atoms in total. The predicted octanol–water partition coefficient (Wildman–Crippen LogP) is 11.7. The number of nitrogens with one attached hydrogen (secondary N) is 1. The molecule has 0 bridgehead atoms. The highest BCUT2D eigenvalue weighted by Crippen LogP contribution is 2.63. The molecule has 0 saturated carbocycles. The summed E-state index contributed by atoms with van der Waals surface area (Å²) in [6.45, 7) is 4.74. The first-order chi connectivity index (χ1) is 23.1. The minimum atomic E-state index is -0.317. The first kappa shape index (κ1) is 26.5. The van der Waals surface area contributed by atoms with Crippen LogP contribution in [-0.4, -0.2) is 0 Å². The van der Waals surface area contributed by atoms with E-state index in [9.17, 15) is 0 Å². The van der Waals surface area contributed by atoms with Gasteiger partial charge in [-0.3, -0.25) is 0 Å². The van der Waals surface area contributed by atoms with Gasteiger partial charge < -0.3 is 5.32 Å². The lowest BCUT2D eigenvalue weighted by atomic mass is 9.70. The van der Waals surface area contributed by atoms with Crippen LogP contribution in [0.3, 0.4) is 0 Å². The zero-order chi connectivity index (χ0) is 31.3. The molecule has 1 spiro atoms. The molecule has 3 aliphatic carbocycles. The first-order valence-corrected chi connectivity index (χ1v) is 16.6. The Morgan fingerprint density at radius 1 is 0.404 bits per heavy atom. The second-order valence-electron chi connectivity index (χ2n) is 13.7. The molecule has 0 radical (unpaired) electrons. The van der Waals surface area contributed by atoms with E-state index in [-0.39, 0.29) is 10.8 Å². The van der Waals surface area contributed by atoms with Crippen LogP contribution in [0.2, 0.25) is 0 Å². The molecule has 1 N–H and O–H groups in total. The van der Waals surface area contributed by atoms with E-state index >= 15 is 0 Å². The zero-order valence-electron chi connectivity index (χ0n) is 26.5. The fourth-order valence-electron chi connectivity index (χ4n) is 9.23. The van der Waals surface area contributed by atoms with Gasteiger partial charge in [0.2, 0.25) is 0 Å². The van der Waals surface area contributed by atoms with Crippen LogP contribution in [0, 0.1) is 0 Å². The maximum Gasteiger partial charge on any atom is 0.0725 e. The molecule has 0 atom stereocenters. The lowest BCUT2D eigenvalue weighted by Gasteiger charge is -2.30.